The number of hydrogen-bond donors (Lipinski definition) is 2. The quantitative estimate of drug-likeness (QED) is 0.719. The fraction of sp³-hybridized carbons (Fsp3) is 0.524. The summed E-state index contributed by atoms with van der Waals surface area (Å²) in [7, 11) is 0. The van der Waals surface area contributed by atoms with Crippen LogP contribution in [0.25, 0.3) is 0 Å². The van der Waals surface area contributed by atoms with Gasteiger partial charge in [-0.2, -0.15) is 0 Å². The van der Waals surface area contributed by atoms with E-state index >= 15 is 0 Å². The largest absolute Gasteiger partial charge is 0.326 e. The summed E-state index contributed by atoms with van der Waals surface area (Å²) in [6.07, 6.45) is 5.39. The maximum absolute atomic E-state index is 12.6. The van der Waals surface area contributed by atoms with E-state index in [4.69, 9.17) is 0 Å². The summed E-state index contributed by atoms with van der Waals surface area (Å²) in [5.41, 5.74) is 0.799. The van der Waals surface area contributed by atoms with Gasteiger partial charge in [-0.25, -0.2) is 4.79 Å². The van der Waals surface area contributed by atoms with Crippen molar-refractivity contribution < 1.29 is 19.2 Å². The smallest absolute Gasteiger partial charge is 0.325 e. The van der Waals surface area contributed by atoms with E-state index in [1.807, 2.05) is 12.1 Å². The molecule has 2 saturated heterocycles. The molecule has 8 nitrogen and oxygen atoms in total. The van der Waals surface area contributed by atoms with Gasteiger partial charge in [-0.05, 0) is 49.9 Å². The summed E-state index contributed by atoms with van der Waals surface area (Å²) in [5, 5.41) is 5.67. The van der Waals surface area contributed by atoms with E-state index in [1.165, 1.54) is 4.90 Å². The van der Waals surface area contributed by atoms with Crippen LogP contribution in [-0.4, -0.2) is 47.3 Å². The van der Waals surface area contributed by atoms with Gasteiger partial charge in [-0.1, -0.05) is 12.8 Å². The summed E-state index contributed by atoms with van der Waals surface area (Å²) in [6, 6.07) is 6.87. The zero-order valence-electron chi connectivity index (χ0n) is 16.4. The predicted octanol–water partition coefficient (Wildman–Crippen LogP) is 2.40. The summed E-state index contributed by atoms with van der Waals surface area (Å²) in [5.74, 6) is -0.188. The Morgan fingerprint density at radius 1 is 1.07 bits per heavy atom. The minimum Gasteiger partial charge on any atom is -0.326 e. The summed E-state index contributed by atoms with van der Waals surface area (Å²) >= 11 is 0. The van der Waals surface area contributed by atoms with E-state index in [0.29, 0.717) is 31.4 Å². The van der Waals surface area contributed by atoms with Crippen LogP contribution in [-0.2, 0) is 14.4 Å². The van der Waals surface area contributed by atoms with E-state index in [1.54, 1.807) is 17.0 Å². The van der Waals surface area contributed by atoms with Crippen molar-refractivity contribution in [3.05, 3.63) is 24.3 Å². The van der Waals surface area contributed by atoms with Gasteiger partial charge in [0.2, 0.25) is 11.8 Å². The molecule has 3 fully saturated rings. The van der Waals surface area contributed by atoms with Crippen LogP contribution in [0, 0.1) is 0 Å². The highest BCUT2D eigenvalue weighted by molar-refractivity contribution is 6.07. The molecular weight excluding hydrogens is 372 g/mol. The Hall–Kier alpha value is -2.90. The molecule has 1 spiro atoms. The maximum atomic E-state index is 12.6. The lowest BCUT2D eigenvalue weighted by Crippen LogP contribution is -2.44. The van der Waals surface area contributed by atoms with Crippen molar-refractivity contribution in [2.45, 2.75) is 56.9 Å². The zero-order chi connectivity index (χ0) is 20.4. The van der Waals surface area contributed by atoms with Crippen LogP contribution in [0.15, 0.2) is 24.3 Å². The van der Waals surface area contributed by atoms with E-state index in [9.17, 15) is 19.2 Å². The Morgan fingerprint density at radius 2 is 1.79 bits per heavy atom. The van der Waals surface area contributed by atoms with Crippen molar-refractivity contribution in [3.63, 3.8) is 0 Å². The Bertz CT molecular complexity index is 830. The van der Waals surface area contributed by atoms with Gasteiger partial charge < -0.3 is 15.5 Å². The number of rotatable bonds is 6. The maximum Gasteiger partial charge on any atom is 0.325 e. The van der Waals surface area contributed by atoms with Crippen LogP contribution in [0.2, 0.25) is 0 Å². The van der Waals surface area contributed by atoms with Gasteiger partial charge in [0.25, 0.3) is 5.91 Å². The van der Waals surface area contributed by atoms with Crippen LogP contribution in [0.5, 0.6) is 0 Å². The first-order chi connectivity index (χ1) is 14.0. The number of carbonyl (C=O) groups excluding carboxylic acids is 4. The number of nitrogens with one attached hydrogen (secondary N) is 2. The molecule has 3 aliphatic rings. The third-order valence-electron chi connectivity index (χ3n) is 6.02. The Kier molecular flexibility index (Phi) is 5.25. The summed E-state index contributed by atoms with van der Waals surface area (Å²) in [6.45, 7) is 0.977. The third kappa shape index (κ3) is 3.83. The minimum absolute atomic E-state index is 0.127. The van der Waals surface area contributed by atoms with Crippen LogP contribution in [0.3, 0.4) is 0 Å². The molecule has 154 valence electrons. The number of benzene rings is 1. The van der Waals surface area contributed by atoms with E-state index in [0.717, 1.165) is 31.5 Å². The van der Waals surface area contributed by atoms with Crippen LogP contribution in [0.1, 0.15) is 51.4 Å². The van der Waals surface area contributed by atoms with Crippen molar-refractivity contribution in [2.24, 2.45) is 0 Å². The molecule has 4 rings (SSSR count). The van der Waals surface area contributed by atoms with Gasteiger partial charge >= 0.3 is 6.03 Å². The molecule has 1 aromatic rings. The van der Waals surface area contributed by atoms with Gasteiger partial charge in [0, 0.05) is 37.3 Å². The Morgan fingerprint density at radius 3 is 2.45 bits per heavy atom. The topological polar surface area (TPSA) is 98.8 Å². The monoisotopic (exact) mass is 398 g/mol. The number of nitrogens with zero attached hydrogens (tertiary/aromatic N) is 2. The number of imide groups is 1. The second-order valence-electron chi connectivity index (χ2n) is 8.02. The van der Waals surface area contributed by atoms with Crippen LogP contribution in [0.4, 0.5) is 16.2 Å². The highest BCUT2D eigenvalue weighted by Gasteiger charge is 2.52. The van der Waals surface area contributed by atoms with Crippen LogP contribution >= 0.6 is 0 Å². The summed E-state index contributed by atoms with van der Waals surface area (Å²) in [4.78, 5) is 51.7. The number of urea groups is 1. The normalized spacial score (nSPS) is 20.6. The molecule has 0 radical (unpaired) electrons. The molecule has 1 aromatic carbocycles. The third-order valence-corrected chi connectivity index (χ3v) is 6.02. The SMILES string of the molecule is O=C(CCCN1C(=O)NC2(CCCC2)C1=O)Nc1ccc(N2CCCC2=O)cc1. The number of anilines is 2. The van der Waals surface area contributed by atoms with Crippen molar-refractivity contribution in [3.8, 4) is 0 Å². The number of amides is 5. The first kappa shape index (κ1) is 19.4. The second-order valence-corrected chi connectivity index (χ2v) is 8.02. The van der Waals surface area contributed by atoms with Gasteiger partial charge in [0.05, 0.1) is 0 Å². The van der Waals surface area contributed by atoms with Crippen molar-refractivity contribution in [1.29, 1.82) is 0 Å². The molecule has 2 aliphatic heterocycles. The minimum atomic E-state index is -0.697. The van der Waals surface area contributed by atoms with Crippen molar-refractivity contribution in [1.82, 2.24) is 10.2 Å². The number of carbonyl (C=O) groups is 4. The fourth-order valence-corrected chi connectivity index (χ4v) is 4.46. The van der Waals surface area contributed by atoms with Crippen LogP contribution < -0.4 is 15.5 Å². The molecular formula is C21H26N4O4. The molecule has 5 amide bonds. The standard InChI is InChI=1S/C21H26N4O4/c26-17(22-15-7-9-16(10-8-15)24-13-4-6-18(24)27)5-3-14-25-19(28)21(23-20(25)29)11-1-2-12-21/h7-10H,1-6,11-14H2,(H,22,26)(H,23,29). The van der Waals surface area contributed by atoms with Gasteiger partial charge in [-0.15, -0.1) is 0 Å². The van der Waals surface area contributed by atoms with Gasteiger partial charge in [0.15, 0.2) is 0 Å². The van der Waals surface area contributed by atoms with E-state index in [-0.39, 0.29) is 36.7 Å². The lowest BCUT2D eigenvalue weighted by atomic mass is 9.98. The molecule has 8 heteroatoms. The molecule has 2 heterocycles. The Balaban J connectivity index is 1.25. The molecule has 0 atom stereocenters. The molecule has 0 aromatic heterocycles. The highest BCUT2D eigenvalue weighted by atomic mass is 16.2. The van der Waals surface area contributed by atoms with Gasteiger partial charge in [0.1, 0.15) is 5.54 Å². The summed E-state index contributed by atoms with van der Waals surface area (Å²) < 4.78 is 0. The van der Waals surface area contributed by atoms with Crippen molar-refractivity contribution in [2.75, 3.05) is 23.3 Å². The van der Waals surface area contributed by atoms with Gasteiger partial charge in [-0.3, -0.25) is 19.3 Å². The van der Waals surface area contributed by atoms with E-state index in [2.05, 4.69) is 10.6 Å². The predicted molar refractivity (Wildman–Crippen MR) is 107 cm³/mol. The highest BCUT2D eigenvalue weighted by Crippen LogP contribution is 2.35. The first-order valence-corrected chi connectivity index (χ1v) is 10.3. The van der Waals surface area contributed by atoms with Crippen molar-refractivity contribution >= 4 is 35.1 Å². The Labute approximate surface area is 169 Å². The lowest BCUT2D eigenvalue weighted by Gasteiger charge is -2.20. The molecule has 0 unspecified atom stereocenters. The lowest BCUT2D eigenvalue weighted by molar-refractivity contribution is -0.131. The second kappa shape index (κ2) is 7.85. The average molecular weight is 398 g/mol. The number of hydrogen-bond acceptors (Lipinski definition) is 4. The molecule has 1 aliphatic carbocycles. The first-order valence-electron chi connectivity index (χ1n) is 10.3. The average Bonchev–Trinajstić information content (AvgIpc) is 3.39. The molecule has 0 bridgehead atoms. The molecule has 29 heavy (non-hydrogen) atoms. The van der Waals surface area contributed by atoms with E-state index < -0.39 is 5.54 Å². The fourth-order valence-electron chi connectivity index (χ4n) is 4.46. The molecule has 1 saturated carbocycles. The molecule has 2 N–H and O–H groups in total. The zero-order valence-corrected chi connectivity index (χ0v) is 16.4.